The number of carbonyl (C=O) groups is 2. The molecule has 8 heteroatoms. The lowest BCUT2D eigenvalue weighted by atomic mass is 9.78. The van der Waals surface area contributed by atoms with Gasteiger partial charge >= 0.3 is 5.97 Å². The first-order chi connectivity index (χ1) is 17.3. The molecule has 0 radical (unpaired) electrons. The Kier molecular flexibility index (Phi) is 6.04. The van der Waals surface area contributed by atoms with Gasteiger partial charge < -0.3 is 10.4 Å². The van der Waals surface area contributed by atoms with Crippen LogP contribution in [0.15, 0.2) is 73.0 Å². The summed E-state index contributed by atoms with van der Waals surface area (Å²) in [4.78, 5) is 25.0. The zero-order valence-electron chi connectivity index (χ0n) is 19.7. The summed E-state index contributed by atoms with van der Waals surface area (Å²) in [5.74, 6) is -1.43. The highest BCUT2D eigenvalue weighted by Gasteiger charge is 2.53. The van der Waals surface area contributed by atoms with E-state index in [9.17, 15) is 14.7 Å². The van der Waals surface area contributed by atoms with E-state index in [1.807, 2.05) is 49.4 Å². The lowest BCUT2D eigenvalue weighted by Gasteiger charge is -2.28. The second-order valence-corrected chi connectivity index (χ2v) is 9.71. The molecule has 1 heterocycles. The Labute approximate surface area is 213 Å². The number of aromatic nitrogens is 2. The Hall–Kier alpha value is -3.71. The van der Waals surface area contributed by atoms with Crippen molar-refractivity contribution < 1.29 is 19.1 Å². The fourth-order valence-electron chi connectivity index (χ4n) is 4.81. The predicted octanol–water partition coefficient (Wildman–Crippen LogP) is 6.30. The zero-order valence-corrected chi connectivity index (χ0v) is 20.4. The summed E-state index contributed by atoms with van der Waals surface area (Å²) >= 11 is 6.45. The molecule has 1 unspecified atom stereocenters. The number of carboxylic acid groups (broad SMARTS) is 1. The van der Waals surface area contributed by atoms with Crippen molar-refractivity contribution in [3.05, 3.63) is 89.4 Å². The number of nitrogens with zero attached hydrogens (tertiary/aromatic N) is 2. The van der Waals surface area contributed by atoms with E-state index in [4.69, 9.17) is 11.6 Å². The number of hydrogen-bond acceptors (Lipinski definition) is 3. The van der Waals surface area contributed by atoms with Crippen molar-refractivity contribution in [3.8, 4) is 16.8 Å². The average molecular weight is 506 g/mol. The van der Waals surface area contributed by atoms with E-state index in [2.05, 4.69) is 10.4 Å². The smallest absolute Gasteiger partial charge is 0.314 e. The van der Waals surface area contributed by atoms with Crippen molar-refractivity contribution in [2.75, 3.05) is 5.32 Å². The quantitative estimate of drug-likeness (QED) is 0.394. The van der Waals surface area contributed by atoms with Crippen LogP contribution in [0.4, 0.5) is 10.2 Å². The van der Waals surface area contributed by atoms with Crippen molar-refractivity contribution in [1.82, 2.24) is 9.78 Å². The highest BCUT2D eigenvalue weighted by Crippen LogP contribution is 2.50. The van der Waals surface area contributed by atoms with Gasteiger partial charge in [0.05, 0.1) is 22.7 Å². The SMILES string of the molecule is CCC1(C(=O)Nc2c(Cl)cnn2-c2ccccc2-c2ccc(C3(C(=O)O)CC3)c(F)c2)C=CC=CC1. The molecule has 184 valence electrons. The minimum Gasteiger partial charge on any atom is -0.481 e. The molecule has 2 aliphatic carbocycles. The molecule has 0 aliphatic heterocycles. The number of aliphatic carboxylic acids is 1. The van der Waals surface area contributed by atoms with Crippen LogP contribution in [0.2, 0.25) is 5.02 Å². The number of anilines is 1. The Balaban J connectivity index is 1.52. The first-order valence-corrected chi connectivity index (χ1v) is 12.2. The van der Waals surface area contributed by atoms with Gasteiger partial charge in [0, 0.05) is 11.1 Å². The number of benzene rings is 2. The minimum atomic E-state index is -1.13. The molecule has 1 amide bonds. The van der Waals surface area contributed by atoms with Crippen molar-refractivity contribution in [2.24, 2.45) is 5.41 Å². The topological polar surface area (TPSA) is 84.2 Å². The lowest BCUT2D eigenvalue weighted by Crippen LogP contribution is -2.35. The Morgan fingerprint density at radius 3 is 2.61 bits per heavy atom. The first-order valence-electron chi connectivity index (χ1n) is 11.8. The van der Waals surface area contributed by atoms with E-state index in [-0.39, 0.29) is 16.5 Å². The maximum atomic E-state index is 15.1. The predicted molar refractivity (Wildman–Crippen MR) is 137 cm³/mol. The van der Waals surface area contributed by atoms with Gasteiger partial charge in [-0.05, 0) is 43.4 Å². The van der Waals surface area contributed by atoms with Crippen molar-refractivity contribution in [1.29, 1.82) is 0 Å². The van der Waals surface area contributed by atoms with E-state index >= 15 is 4.39 Å². The van der Waals surface area contributed by atoms with Crippen LogP contribution in [0.5, 0.6) is 0 Å². The van der Waals surface area contributed by atoms with E-state index < -0.39 is 22.6 Å². The summed E-state index contributed by atoms with van der Waals surface area (Å²) in [6, 6.07) is 11.9. The number of para-hydroxylation sites is 1. The third-order valence-electron chi connectivity index (χ3n) is 7.27. The van der Waals surface area contributed by atoms with E-state index in [1.165, 1.54) is 16.9 Å². The molecule has 0 bridgehead atoms. The first kappa shape index (κ1) is 24.0. The number of halogens is 2. The number of amides is 1. The van der Waals surface area contributed by atoms with Crippen molar-refractivity contribution >= 4 is 29.3 Å². The van der Waals surface area contributed by atoms with Crippen LogP contribution in [0, 0.1) is 11.2 Å². The van der Waals surface area contributed by atoms with Crippen LogP contribution in [0.25, 0.3) is 16.8 Å². The molecule has 0 spiro atoms. The molecule has 0 saturated heterocycles. The summed E-state index contributed by atoms with van der Waals surface area (Å²) < 4.78 is 16.7. The summed E-state index contributed by atoms with van der Waals surface area (Å²) in [7, 11) is 0. The molecule has 36 heavy (non-hydrogen) atoms. The Morgan fingerprint density at radius 1 is 1.19 bits per heavy atom. The number of rotatable bonds is 7. The molecular weight excluding hydrogens is 481 g/mol. The molecule has 1 fully saturated rings. The summed E-state index contributed by atoms with van der Waals surface area (Å²) in [5.41, 5.74) is 0.190. The second-order valence-electron chi connectivity index (χ2n) is 9.31. The normalized spacial score (nSPS) is 19.8. The van der Waals surface area contributed by atoms with Crippen LogP contribution < -0.4 is 5.32 Å². The Morgan fingerprint density at radius 2 is 1.97 bits per heavy atom. The molecule has 5 rings (SSSR count). The van der Waals surface area contributed by atoms with Gasteiger partial charge in [-0.25, -0.2) is 9.07 Å². The number of allylic oxidation sites excluding steroid dienone is 3. The van der Waals surface area contributed by atoms with Gasteiger partial charge in [-0.15, -0.1) is 0 Å². The highest BCUT2D eigenvalue weighted by atomic mass is 35.5. The van der Waals surface area contributed by atoms with E-state index in [1.54, 1.807) is 18.2 Å². The van der Waals surface area contributed by atoms with Crippen molar-refractivity contribution in [3.63, 3.8) is 0 Å². The molecule has 2 N–H and O–H groups in total. The highest BCUT2D eigenvalue weighted by molar-refractivity contribution is 6.33. The lowest BCUT2D eigenvalue weighted by molar-refractivity contribution is -0.140. The average Bonchev–Trinajstić information content (AvgIpc) is 3.63. The maximum Gasteiger partial charge on any atom is 0.314 e. The van der Waals surface area contributed by atoms with Gasteiger partial charge in [0.1, 0.15) is 10.8 Å². The maximum absolute atomic E-state index is 15.1. The van der Waals surface area contributed by atoms with Gasteiger partial charge in [-0.2, -0.15) is 5.10 Å². The number of hydrogen-bond donors (Lipinski definition) is 2. The van der Waals surface area contributed by atoms with Crippen LogP contribution in [-0.4, -0.2) is 26.8 Å². The standard InChI is InChI=1S/C28H25ClFN3O3/c1-2-27(12-6-3-7-13-27)25(34)32-24-21(29)17-31-33(24)23-9-5-4-8-19(23)18-10-11-20(22(30)16-18)28(14-15-28)26(35)36/h3-12,16-17H,2,13-15H2,1H3,(H,32,34)(H,35,36). The molecule has 1 atom stereocenters. The van der Waals surface area contributed by atoms with Gasteiger partial charge in [0.15, 0.2) is 5.82 Å². The van der Waals surface area contributed by atoms with Gasteiger partial charge in [-0.3, -0.25) is 9.59 Å². The van der Waals surface area contributed by atoms with Crippen LogP contribution in [0.1, 0.15) is 38.2 Å². The molecular formula is C28H25ClFN3O3. The largest absolute Gasteiger partial charge is 0.481 e. The van der Waals surface area contributed by atoms with Gasteiger partial charge in [-0.1, -0.05) is 73.2 Å². The van der Waals surface area contributed by atoms with Crippen molar-refractivity contribution in [2.45, 2.75) is 38.0 Å². The summed E-state index contributed by atoms with van der Waals surface area (Å²) in [5, 5.41) is 17.2. The molecule has 3 aromatic rings. The molecule has 1 aromatic heterocycles. The number of carbonyl (C=O) groups excluding carboxylic acids is 1. The summed E-state index contributed by atoms with van der Waals surface area (Å²) in [6.45, 7) is 1.96. The zero-order chi connectivity index (χ0) is 25.5. The number of carboxylic acids is 1. The van der Waals surface area contributed by atoms with Gasteiger partial charge in [0.2, 0.25) is 5.91 Å². The third kappa shape index (κ3) is 3.93. The molecule has 1 saturated carbocycles. The minimum absolute atomic E-state index is 0.189. The number of nitrogens with one attached hydrogen (secondary N) is 1. The van der Waals surface area contributed by atoms with Gasteiger partial charge in [0.25, 0.3) is 0 Å². The monoisotopic (exact) mass is 505 g/mol. The fraction of sp³-hybridized carbons (Fsp3) is 0.250. The van der Waals surface area contributed by atoms with Crippen LogP contribution in [0.3, 0.4) is 0 Å². The van der Waals surface area contributed by atoms with Crippen LogP contribution in [-0.2, 0) is 15.0 Å². The van der Waals surface area contributed by atoms with Crippen LogP contribution >= 0.6 is 11.6 Å². The second kappa shape index (κ2) is 9.06. The molecule has 6 nitrogen and oxygen atoms in total. The molecule has 2 aromatic carbocycles. The van der Waals surface area contributed by atoms with E-state index in [0.29, 0.717) is 48.3 Å². The third-order valence-corrected chi connectivity index (χ3v) is 7.55. The Bertz CT molecular complexity index is 1420. The van der Waals surface area contributed by atoms with E-state index in [0.717, 1.165) is 0 Å². The summed E-state index contributed by atoms with van der Waals surface area (Å²) in [6.07, 6.45) is 11.2. The molecule has 2 aliphatic rings. The fourth-order valence-corrected chi connectivity index (χ4v) is 4.98.